The van der Waals surface area contributed by atoms with E-state index in [2.05, 4.69) is 31.9 Å². The van der Waals surface area contributed by atoms with Crippen molar-refractivity contribution in [3.8, 4) is 5.75 Å². The highest BCUT2D eigenvalue weighted by Gasteiger charge is 2.19. The molecular weight excluding hydrogens is 450 g/mol. The van der Waals surface area contributed by atoms with Crippen LogP contribution in [0.3, 0.4) is 0 Å². The van der Waals surface area contributed by atoms with Crippen molar-refractivity contribution < 1.29 is 4.74 Å². The molecule has 1 atom stereocenters. The second kappa shape index (κ2) is 6.89. The lowest BCUT2D eigenvalue weighted by Gasteiger charge is -2.17. The van der Waals surface area contributed by atoms with Crippen LogP contribution in [0.4, 0.5) is 0 Å². The Hall–Kier alpha value is 0.0700. The first-order valence-electron chi connectivity index (χ1n) is 5.55. The molecule has 1 unspecified atom stereocenters. The van der Waals surface area contributed by atoms with E-state index in [0.29, 0.717) is 15.8 Å². The van der Waals surface area contributed by atoms with Gasteiger partial charge in [0.05, 0.1) is 17.0 Å². The SMILES string of the molecule is COc1c(Br)cc(Cl)cc1C(Cl)c1cc(Cl)cc(Br)c1. The molecule has 0 amide bonds. The highest BCUT2D eigenvalue weighted by molar-refractivity contribution is 9.10. The summed E-state index contributed by atoms with van der Waals surface area (Å²) in [6.07, 6.45) is 0. The summed E-state index contributed by atoms with van der Waals surface area (Å²) < 4.78 is 7.02. The average Bonchev–Trinajstić information content (AvgIpc) is 2.35. The summed E-state index contributed by atoms with van der Waals surface area (Å²) in [7, 11) is 1.59. The quantitative estimate of drug-likeness (QED) is 0.456. The third kappa shape index (κ3) is 3.63. The summed E-state index contributed by atoms with van der Waals surface area (Å²) in [6.45, 7) is 0. The monoisotopic (exact) mass is 456 g/mol. The minimum atomic E-state index is -0.421. The van der Waals surface area contributed by atoms with Crippen LogP contribution in [-0.4, -0.2) is 7.11 Å². The molecule has 0 N–H and O–H groups in total. The molecule has 0 fully saturated rings. The van der Waals surface area contributed by atoms with Gasteiger partial charge in [-0.3, -0.25) is 0 Å². The van der Waals surface area contributed by atoms with Crippen LogP contribution in [0.1, 0.15) is 16.5 Å². The number of hydrogen-bond acceptors (Lipinski definition) is 1. The minimum absolute atomic E-state index is 0.421. The van der Waals surface area contributed by atoms with Gasteiger partial charge in [0.25, 0.3) is 0 Å². The van der Waals surface area contributed by atoms with Crippen LogP contribution in [-0.2, 0) is 0 Å². The van der Waals surface area contributed by atoms with E-state index in [1.165, 1.54) is 0 Å². The van der Waals surface area contributed by atoms with Gasteiger partial charge in [-0.15, -0.1) is 11.6 Å². The number of alkyl halides is 1. The molecular formula is C14H9Br2Cl3O. The number of methoxy groups -OCH3 is 1. The largest absolute Gasteiger partial charge is 0.495 e. The van der Waals surface area contributed by atoms with E-state index < -0.39 is 5.38 Å². The molecule has 6 heteroatoms. The van der Waals surface area contributed by atoms with Gasteiger partial charge in [0.1, 0.15) is 5.75 Å². The van der Waals surface area contributed by atoms with E-state index >= 15 is 0 Å². The lowest BCUT2D eigenvalue weighted by atomic mass is 10.0. The van der Waals surface area contributed by atoms with Gasteiger partial charge in [-0.2, -0.15) is 0 Å². The predicted molar refractivity (Wildman–Crippen MR) is 92.6 cm³/mol. The molecule has 0 saturated carbocycles. The van der Waals surface area contributed by atoms with E-state index in [9.17, 15) is 0 Å². The number of rotatable bonds is 3. The van der Waals surface area contributed by atoms with Crippen LogP contribution in [0.5, 0.6) is 5.75 Å². The first-order chi connectivity index (χ1) is 9.42. The van der Waals surface area contributed by atoms with Gasteiger partial charge < -0.3 is 4.74 Å². The fourth-order valence-corrected chi connectivity index (χ4v) is 4.06. The Bertz CT molecular complexity index is 626. The molecule has 0 heterocycles. The van der Waals surface area contributed by atoms with Gasteiger partial charge in [0.2, 0.25) is 0 Å². The molecule has 0 aromatic heterocycles. The second-order valence-corrected chi connectivity index (χ2v) is 7.15. The molecule has 1 nitrogen and oxygen atoms in total. The minimum Gasteiger partial charge on any atom is -0.495 e. The zero-order valence-corrected chi connectivity index (χ0v) is 15.7. The summed E-state index contributed by atoms with van der Waals surface area (Å²) >= 11 is 25.6. The zero-order valence-electron chi connectivity index (χ0n) is 10.3. The van der Waals surface area contributed by atoms with E-state index in [1.54, 1.807) is 25.3 Å². The first-order valence-corrected chi connectivity index (χ1v) is 8.33. The van der Waals surface area contributed by atoms with E-state index in [0.717, 1.165) is 20.1 Å². The molecule has 0 saturated heterocycles. The first kappa shape index (κ1) is 16.4. The maximum absolute atomic E-state index is 6.56. The smallest absolute Gasteiger partial charge is 0.138 e. The van der Waals surface area contributed by atoms with Crippen molar-refractivity contribution in [3.63, 3.8) is 0 Å². The van der Waals surface area contributed by atoms with Crippen molar-refractivity contribution in [1.82, 2.24) is 0 Å². The molecule has 2 aromatic rings. The molecule has 0 aliphatic rings. The maximum Gasteiger partial charge on any atom is 0.138 e. The van der Waals surface area contributed by atoms with Crippen molar-refractivity contribution in [3.05, 3.63) is 60.4 Å². The van der Waals surface area contributed by atoms with Crippen LogP contribution >= 0.6 is 66.7 Å². The fraction of sp³-hybridized carbons (Fsp3) is 0.143. The molecule has 0 aliphatic carbocycles. The van der Waals surface area contributed by atoms with Crippen LogP contribution in [0, 0.1) is 0 Å². The summed E-state index contributed by atoms with van der Waals surface area (Å²) in [6, 6.07) is 9.09. The third-order valence-electron chi connectivity index (χ3n) is 2.69. The Morgan fingerprint density at radius 2 is 1.65 bits per heavy atom. The molecule has 106 valence electrons. The predicted octanol–water partition coefficient (Wildman–Crippen LogP) is 6.86. The van der Waals surface area contributed by atoms with Gasteiger partial charge in [-0.25, -0.2) is 0 Å². The molecule has 0 aliphatic heterocycles. The van der Waals surface area contributed by atoms with E-state index in [-0.39, 0.29) is 0 Å². The van der Waals surface area contributed by atoms with Crippen molar-refractivity contribution in [1.29, 1.82) is 0 Å². The van der Waals surface area contributed by atoms with E-state index in [1.807, 2.05) is 12.1 Å². The van der Waals surface area contributed by atoms with Gasteiger partial charge in [0.15, 0.2) is 0 Å². The summed E-state index contributed by atoms with van der Waals surface area (Å²) in [5.74, 6) is 0.658. The lowest BCUT2D eigenvalue weighted by molar-refractivity contribution is 0.407. The number of hydrogen-bond donors (Lipinski definition) is 0. The molecule has 0 bridgehead atoms. The van der Waals surface area contributed by atoms with Gasteiger partial charge in [-0.05, 0) is 51.8 Å². The number of benzene rings is 2. The Morgan fingerprint density at radius 1 is 1.00 bits per heavy atom. The molecule has 2 rings (SSSR count). The third-order valence-corrected chi connectivity index (χ3v) is 4.66. The number of ether oxygens (including phenoxy) is 1. The average molecular weight is 459 g/mol. The highest BCUT2D eigenvalue weighted by atomic mass is 79.9. The van der Waals surface area contributed by atoms with Crippen molar-refractivity contribution in [2.45, 2.75) is 5.38 Å². The van der Waals surface area contributed by atoms with Gasteiger partial charge >= 0.3 is 0 Å². The van der Waals surface area contributed by atoms with Gasteiger partial charge in [-0.1, -0.05) is 39.1 Å². The number of halogens is 5. The summed E-state index contributed by atoms with van der Waals surface area (Å²) in [5.41, 5.74) is 1.64. The Labute approximate surface area is 149 Å². The summed E-state index contributed by atoms with van der Waals surface area (Å²) in [5, 5.41) is 0.773. The van der Waals surface area contributed by atoms with Crippen LogP contribution < -0.4 is 4.74 Å². The Kier molecular flexibility index (Phi) is 5.66. The molecule has 20 heavy (non-hydrogen) atoms. The zero-order chi connectivity index (χ0) is 14.9. The lowest BCUT2D eigenvalue weighted by Crippen LogP contribution is -1.99. The molecule has 0 spiro atoms. The second-order valence-electron chi connectivity index (χ2n) is 4.08. The van der Waals surface area contributed by atoms with Crippen LogP contribution in [0.25, 0.3) is 0 Å². The van der Waals surface area contributed by atoms with Crippen molar-refractivity contribution in [2.24, 2.45) is 0 Å². The standard InChI is InChI=1S/C14H9Br2Cl3O/c1-20-14-11(5-10(18)6-12(14)16)13(19)7-2-8(15)4-9(17)3-7/h2-6,13H,1H3. The highest BCUT2D eigenvalue weighted by Crippen LogP contribution is 2.42. The topological polar surface area (TPSA) is 9.23 Å². The van der Waals surface area contributed by atoms with Crippen LogP contribution in [0.2, 0.25) is 10.0 Å². The molecule has 0 radical (unpaired) electrons. The fourth-order valence-electron chi connectivity index (χ4n) is 1.88. The normalized spacial score (nSPS) is 12.3. The van der Waals surface area contributed by atoms with Crippen LogP contribution in [0.15, 0.2) is 39.3 Å². The summed E-state index contributed by atoms with van der Waals surface area (Å²) in [4.78, 5) is 0. The van der Waals surface area contributed by atoms with Crippen molar-refractivity contribution >= 4 is 66.7 Å². The molecule has 2 aromatic carbocycles. The van der Waals surface area contributed by atoms with E-state index in [4.69, 9.17) is 39.5 Å². The van der Waals surface area contributed by atoms with Crippen molar-refractivity contribution in [2.75, 3.05) is 7.11 Å². The van der Waals surface area contributed by atoms with Gasteiger partial charge in [0, 0.05) is 20.1 Å². The maximum atomic E-state index is 6.56. The Balaban J connectivity index is 2.55. The Morgan fingerprint density at radius 3 is 2.25 bits per heavy atom.